The lowest BCUT2D eigenvalue weighted by Crippen LogP contribution is -2.68. The number of hydrogen-bond donors (Lipinski definition) is 0. The van der Waals surface area contributed by atoms with Crippen molar-refractivity contribution < 1.29 is 4.74 Å². The van der Waals surface area contributed by atoms with Crippen molar-refractivity contribution in [3.8, 4) is 23.2 Å². The average molecular weight is 479 g/mol. The Bertz CT molecular complexity index is 1460. The van der Waals surface area contributed by atoms with Gasteiger partial charge in [0, 0.05) is 55.7 Å². The fourth-order valence-electron chi connectivity index (χ4n) is 5.65. The number of piperidine rings is 1. The van der Waals surface area contributed by atoms with Crippen LogP contribution in [0.1, 0.15) is 41.9 Å². The van der Waals surface area contributed by atoms with E-state index < -0.39 is 0 Å². The zero-order chi connectivity index (χ0) is 24.2. The predicted octanol–water partition coefficient (Wildman–Crippen LogP) is 3.41. The normalized spacial score (nSPS) is 21.3. The summed E-state index contributed by atoms with van der Waals surface area (Å²) in [5, 5.41) is 14.0. The highest BCUT2D eigenvalue weighted by Gasteiger charge is 2.44. The zero-order valence-corrected chi connectivity index (χ0v) is 20.1. The molecular formula is C27H26N8O. The van der Waals surface area contributed by atoms with Crippen LogP contribution in [0.3, 0.4) is 0 Å². The van der Waals surface area contributed by atoms with Crippen LogP contribution >= 0.6 is 0 Å². The van der Waals surface area contributed by atoms with Gasteiger partial charge in [-0.15, -0.1) is 0 Å². The Hall–Kier alpha value is -4.03. The van der Waals surface area contributed by atoms with E-state index in [2.05, 4.69) is 38.1 Å². The highest BCUT2D eigenvalue weighted by Crippen LogP contribution is 2.42. The molecule has 2 unspecified atom stereocenters. The van der Waals surface area contributed by atoms with E-state index in [9.17, 15) is 5.26 Å². The van der Waals surface area contributed by atoms with Gasteiger partial charge in [0.05, 0.1) is 42.5 Å². The molecule has 3 saturated heterocycles. The SMILES string of the molecule is COc1ccc(CN2C3CC2CN(c2cnc(-c4cc(C5CC5)cn5ncc(C#N)c45)cn2)C3)cn1. The number of hydrogen-bond acceptors (Lipinski definition) is 8. The van der Waals surface area contributed by atoms with Crippen LogP contribution in [0.25, 0.3) is 16.8 Å². The monoisotopic (exact) mass is 478 g/mol. The minimum atomic E-state index is 0.507. The van der Waals surface area contributed by atoms with Crippen LogP contribution in [0.5, 0.6) is 5.88 Å². The van der Waals surface area contributed by atoms with Crippen molar-refractivity contribution in [2.24, 2.45) is 0 Å². The number of nitriles is 1. The number of anilines is 1. The molecule has 0 radical (unpaired) electrons. The zero-order valence-electron chi connectivity index (χ0n) is 20.1. The molecule has 4 aromatic heterocycles. The number of ether oxygens (including phenoxy) is 1. The Morgan fingerprint density at radius 2 is 1.92 bits per heavy atom. The molecule has 180 valence electrons. The maximum Gasteiger partial charge on any atom is 0.212 e. The van der Waals surface area contributed by atoms with Gasteiger partial charge in [0.2, 0.25) is 5.88 Å². The molecule has 9 nitrogen and oxygen atoms in total. The molecule has 0 spiro atoms. The molecule has 2 atom stereocenters. The number of fused-ring (bicyclic) bond motifs is 3. The second-order valence-corrected chi connectivity index (χ2v) is 10.0. The van der Waals surface area contributed by atoms with Gasteiger partial charge in [-0.05, 0) is 42.4 Å². The summed E-state index contributed by atoms with van der Waals surface area (Å²) in [5.74, 6) is 2.13. The Labute approximate surface area is 209 Å². The third-order valence-corrected chi connectivity index (χ3v) is 7.76. The van der Waals surface area contributed by atoms with E-state index in [0.29, 0.717) is 29.4 Å². The average Bonchev–Trinajstić information content (AvgIpc) is 3.71. The summed E-state index contributed by atoms with van der Waals surface area (Å²) in [6, 6.07) is 9.47. The molecule has 3 aliphatic heterocycles. The standard InChI is InChI=1S/C27H26N8O/c1-36-26-5-2-17(9-31-26)13-34-21-7-22(34)16-33(15-21)25-12-29-24(11-30-25)23-6-19(18-3-4-18)14-35-27(23)20(8-28)10-32-35/h2,5-6,9-12,14,18,21-22H,3-4,7,13,15-16H2,1H3. The molecule has 8 rings (SSSR count). The molecule has 9 heteroatoms. The number of aromatic nitrogens is 5. The van der Waals surface area contributed by atoms with E-state index in [1.807, 2.05) is 35.4 Å². The highest BCUT2D eigenvalue weighted by atomic mass is 16.5. The van der Waals surface area contributed by atoms with E-state index in [1.54, 1.807) is 13.3 Å². The third-order valence-electron chi connectivity index (χ3n) is 7.76. The Balaban J connectivity index is 1.10. The van der Waals surface area contributed by atoms with E-state index in [-0.39, 0.29) is 0 Å². The molecule has 4 aromatic rings. The molecule has 0 aromatic carbocycles. The van der Waals surface area contributed by atoms with Crippen LogP contribution in [0.2, 0.25) is 0 Å². The molecule has 0 amide bonds. The maximum absolute atomic E-state index is 9.61. The van der Waals surface area contributed by atoms with E-state index in [0.717, 1.165) is 42.2 Å². The van der Waals surface area contributed by atoms with E-state index >= 15 is 0 Å². The van der Waals surface area contributed by atoms with Crippen molar-refractivity contribution >= 4 is 11.3 Å². The smallest absolute Gasteiger partial charge is 0.212 e. The summed E-state index contributed by atoms with van der Waals surface area (Å²) in [5.41, 5.74) is 5.51. The molecule has 0 N–H and O–H groups in total. The predicted molar refractivity (Wildman–Crippen MR) is 134 cm³/mol. The largest absolute Gasteiger partial charge is 0.481 e. The first-order chi connectivity index (χ1) is 17.7. The first-order valence-electron chi connectivity index (χ1n) is 12.4. The topological polar surface area (TPSA) is 95.5 Å². The molecule has 7 heterocycles. The van der Waals surface area contributed by atoms with Crippen LogP contribution in [0.4, 0.5) is 5.82 Å². The summed E-state index contributed by atoms with van der Waals surface area (Å²) in [4.78, 5) is 18.9. The summed E-state index contributed by atoms with van der Waals surface area (Å²) < 4.78 is 6.99. The molecule has 1 aliphatic carbocycles. The fraction of sp³-hybridized carbons (Fsp3) is 0.370. The third kappa shape index (κ3) is 3.57. The van der Waals surface area contributed by atoms with Crippen molar-refractivity contribution in [3.05, 3.63) is 65.9 Å². The number of methoxy groups -OCH3 is 1. The van der Waals surface area contributed by atoms with E-state index in [4.69, 9.17) is 14.7 Å². The fourth-order valence-corrected chi connectivity index (χ4v) is 5.65. The van der Waals surface area contributed by atoms with Crippen LogP contribution in [-0.4, -0.2) is 61.7 Å². The lowest BCUT2D eigenvalue weighted by atomic mass is 9.87. The van der Waals surface area contributed by atoms with Crippen molar-refractivity contribution in [3.63, 3.8) is 0 Å². The molecule has 2 bridgehead atoms. The minimum Gasteiger partial charge on any atom is -0.481 e. The van der Waals surface area contributed by atoms with Gasteiger partial charge in [-0.1, -0.05) is 6.07 Å². The molecule has 36 heavy (non-hydrogen) atoms. The second kappa shape index (κ2) is 8.28. The van der Waals surface area contributed by atoms with Gasteiger partial charge < -0.3 is 9.64 Å². The summed E-state index contributed by atoms with van der Waals surface area (Å²) in [6.07, 6.45) is 12.9. The van der Waals surface area contributed by atoms with Gasteiger partial charge >= 0.3 is 0 Å². The van der Waals surface area contributed by atoms with Crippen molar-refractivity contribution in [2.45, 2.75) is 43.8 Å². The van der Waals surface area contributed by atoms with Gasteiger partial charge in [-0.25, -0.2) is 14.5 Å². The van der Waals surface area contributed by atoms with Crippen LogP contribution in [0, 0.1) is 11.3 Å². The van der Waals surface area contributed by atoms with Crippen LogP contribution in [-0.2, 0) is 6.54 Å². The molecule has 4 fully saturated rings. The summed E-state index contributed by atoms with van der Waals surface area (Å²) >= 11 is 0. The van der Waals surface area contributed by atoms with Crippen molar-refractivity contribution in [2.75, 3.05) is 25.1 Å². The summed E-state index contributed by atoms with van der Waals surface area (Å²) in [6.45, 7) is 2.79. The Morgan fingerprint density at radius 1 is 1.06 bits per heavy atom. The first-order valence-corrected chi connectivity index (χ1v) is 12.4. The quantitative estimate of drug-likeness (QED) is 0.416. The Morgan fingerprint density at radius 3 is 2.58 bits per heavy atom. The molecular weight excluding hydrogens is 452 g/mol. The van der Waals surface area contributed by atoms with Gasteiger partial charge in [-0.3, -0.25) is 9.88 Å². The minimum absolute atomic E-state index is 0.507. The highest BCUT2D eigenvalue weighted by molar-refractivity contribution is 5.83. The van der Waals surface area contributed by atoms with Gasteiger partial charge in [-0.2, -0.15) is 10.4 Å². The van der Waals surface area contributed by atoms with Crippen molar-refractivity contribution in [1.29, 1.82) is 5.26 Å². The number of nitrogens with zero attached hydrogens (tertiary/aromatic N) is 8. The maximum atomic E-state index is 9.61. The number of rotatable bonds is 6. The lowest BCUT2D eigenvalue weighted by molar-refractivity contribution is -0.00879. The lowest BCUT2D eigenvalue weighted by Gasteiger charge is -2.56. The number of pyridine rings is 2. The second-order valence-electron chi connectivity index (χ2n) is 10.0. The van der Waals surface area contributed by atoms with E-state index in [1.165, 1.54) is 30.4 Å². The van der Waals surface area contributed by atoms with Crippen molar-refractivity contribution in [1.82, 2.24) is 29.5 Å². The molecule has 1 saturated carbocycles. The molecule has 4 aliphatic rings. The number of piperazine rings is 1. The first kappa shape index (κ1) is 21.3. The van der Waals surface area contributed by atoms with Crippen LogP contribution < -0.4 is 9.64 Å². The summed E-state index contributed by atoms with van der Waals surface area (Å²) in [7, 11) is 1.64. The van der Waals surface area contributed by atoms with Gasteiger partial charge in [0.25, 0.3) is 0 Å². The Kier molecular flexibility index (Phi) is 4.89. The van der Waals surface area contributed by atoms with Crippen LogP contribution in [0.15, 0.2) is 49.2 Å². The van der Waals surface area contributed by atoms with Gasteiger partial charge in [0.1, 0.15) is 11.9 Å². The van der Waals surface area contributed by atoms with Gasteiger partial charge in [0.15, 0.2) is 0 Å².